The van der Waals surface area contributed by atoms with Gasteiger partial charge in [0.1, 0.15) is 11.5 Å². The van der Waals surface area contributed by atoms with Crippen LogP contribution in [0, 0.1) is 0 Å². The Morgan fingerprint density at radius 2 is 2.36 bits per heavy atom. The Kier molecular flexibility index (Phi) is 2.59. The summed E-state index contributed by atoms with van der Waals surface area (Å²) < 4.78 is 5.03. The van der Waals surface area contributed by atoms with E-state index in [-0.39, 0.29) is 0 Å². The van der Waals surface area contributed by atoms with Crippen LogP contribution in [0.15, 0.2) is 18.2 Å². The molecule has 0 aromatic heterocycles. The molecule has 0 unspecified atom stereocenters. The molecule has 1 heterocycles. The molecule has 2 rings (SSSR count). The lowest BCUT2D eigenvalue weighted by atomic mass is 10.0. The molecule has 0 spiro atoms. The molecule has 76 valence electrons. The molecular weight excluding hydrogens is 178 g/mol. The molecule has 3 nitrogen and oxygen atoms in total. The third-order valence-corrected chi connectivity index (χ3v) is 2.67. The molecule has 1 aliphatic heterocycles. The van der Waals surface area contributed by atoms with Gasteiger partial charge in [0.15, 0.2) is 0 Å². The Morgan fingerprint density at radius 1 is 1.50 bits per heavy atom. The molecule has 1 fully saturated rings. The van der Waals surface area contributed by atoms with Crippen molar-refractivity contribution in [2.45, 2.75) is 18.9 Å². The van der Waals surface area contributed by atoms with Crippen LogP contribution in [0.5, 0.6) is 11.5 Å². The molecule has 1 aliphatic rings. The summed E-state index contributed by atoms with van der Waals surface area (Å²) in [4.78, 5) is 0. The SMILES string of the molecule is COc1ccc([C@@H]2CCCN2)c(O)c1. The topological polar surface area (TPSA) is 41.5 Å². The van der Waals surface area contributed by atoms with Gasteiger partial charge in [-0.15, -0.1) is 0 Å². The highest BCUT2D eigenvalue weighted by Gasteiger charge is 2.19. The summed E-state index contributed by atoms with van der Waals surface area (Å²) in [5.41, 5.74) is 0.975. The van der Waals surface area contributed by atoms with Gasteiger partial charge in [-0.2, -0.15) is 0 Å². The summed E-state index contributed by atoms with van der Waals surface area (Å²) in [5.74, 6) is 1.02. The minimum absolute atomic E-state index is 0.306. The number of aromatic hydroxyl groups is 1. The van der Waals surface area contributed by atoms with Crippen molar-refractivity contribution in [1.29, 1.82) is 0 Å². The van der Waals surface area contributed by atoms with Gasteiger partial charge in [-0.05, 0) is 25.5 Å². The minimum atomic E-state index is 0.306. The summed E-state index contributed by atoms with van der Waals surface area (Å²) in [6.07, 6.45) is 2.27. The van der Waals surface area contributed by atoms with Gasteiger partial charge in [0.25, 0.3) is 0 Å². The fraction of sp³-hybridized carbons (Fsp3) is 0.455. The molecule has 0 saturated carbocycles. The molecule has 14 heavy (non-hydrogen) atoms. The van der Waals surface area contributed by atoms with E-state index in [1.165, 1.54) is 6.42 Å². The Labute approximate surface area is 83.7 Å². The highest BCUT2D eigenvalue weighted by Crippen LogP contribution is 2.32. The Morgan fingerprint density at radius 3 is 2.93 bits per heavy atom. The number of nitrogens with one attached hydrogen (secondary N) is 1. The van der Waals surface area contributed by atoms with E-state index >= 15 is 0 Å². The molecule has 0 amide bonds. The van der Waals surface area contributed by atoms with Gasteiger partial charge in [-0.1, -0.05) is 6.07 Å². The van der Waals surface area contributed by atoms with Crippen molar-refractivity contribution in [3.63, 3.8) is 0 Å². The lowest BCUT2D eigenvalue weighted by Crippen LogP contribution is -2.12. The van der Waals surface area contributed by atoms with Crippen molar-refractivity contribution in [3.8, 4) is 11.5 Å². The van der Waals surface area contributed by atoms with Gasteiger partial charge < -0.3 is 15.2 Å². The van der Waals surface area contributed by atoms with E-state index in [0.717, 1.165) is 18.5 Å². The molecule has 3 heteroatoms. The summed E-state index contributed by atoms with van der Waals surface area (Å²) in [5, 5.41) is 13.1. The number of hydrogen-bond donors (Lipinski definition) is 2. The maximum atomic E-state index is 9.76. The number of phenols is 1. The zero-order valence-electron chi connectivity index (χ0n) is 8.29. The van der Waals surface area contributed by atoms with E-state index in [9.17, 15) is 5.11 Å². The first-order valence-corrected chi connectivity index (χ1v) is 4.91. The highest BCUT2D eigenvalue weighted by molar-refractivity contribution is 5.41. The number of methoxy groups -OCH3 is 1. The normalized spacial score (nSPS) is 21.1. The van der Waals surface area contributed by atoms with Crippen LogP contribution in [-0.4, -0.2) is 18.8 Å². The molecule has 1 atom stereocenters. The predicted molar refractivity (Wildman–Crippen MR) is 54.6 cm³/mol. The van der Waals surface area contributed by atoms with Crippen LogP contribution in [0.1, 0.15) is 24.4 Å². The lowest BCUT2D eigenvalue weighted by Gasteiger charge is -2.13. The zero-order chi connectivity index (χ0) is 9.97. The highest BCUT2D eigenvalue weighted by atomic mass is 16.5. The number of benzene rings is 1. The Bertz CT molecular complexity index is 319. The van der Waals surface area contributed by atoms with Crippen molar-refractivity contribution in [3.05, 3.63) is 23.8 Å². The van der Waals surface area contributed by atoms with Crippen LogP contribution in [0.2, 0.25) is 0 Å². The van der Waals surface area contributed by atoms with Gasteiger partial charge in [-0.25, -0.2) is 0 Å². The van der Waals surface area contributed by atoms with E-state index in [4.69, 9.17) is 4.74 Å². The molecule has 2 N–H and O–H groups in total. The maximum absolute atomic E-state index is 9.76. The van der Waals surface area contributed by atoms with Crippen LogP contribution in [0.3, 0.4) is 0 Å². The number of phenolic OH excluding ortho intramolecular Hbond substituents is 1. The number of hydrogen-bond acceptors (Lipinski definition) is 3. The van der Waals surface area contributed by atoms with Crippen molar-refractivity contribution in [1.82, 2.24) is 5.32 Å². The Balaban J connectivity index is 2.25. The van der Waals surface area contributed by atoms with E-state index in [1.54, 1.807) is 13.2 Å². The van der Waals surface area contributed by atoms with Crippen LogP contribution < -0.4 is 10.1 Å². The fourth-order valence-corrected chi connectivity index (χ4v) is 1.90. The zero-order valence-corrected chi connectivity index (χ0v) is 8.29. The van der Waals surface area contributed by atoms with Gasteiger partial charge in [0.2, 0.25) is 0 Å². The molecule has 1 aromatic rings. The van der Waals surface area contributed by atoms with Crippen molar-refractivity contribution >= 4 is 0 Å². The van der Waals surface area contributed by atoms with E-state index in [2.05, 4.69) is 5.32 Å². The number of rotatable bonds is 2. The molecule has 1 saturated heterocycles. The third-order valence-electron chi connectivity index (χ3n) is 2.67. The third kappa shape index (κ3) is 1.68. The van der Waals surface area contributed by atoms with Crippen molar-refractivity contribution < 1.29 is 9.84 Å². The predicted octanol–water partition coefficient (Wildman–Crippen LogP) is 1.83. The second kappa shape index (κ2) is 3.88. The largest absolute Gasteiger partial charge is 0.507 e. The first kappa shape index (κ1) is 9.34. The van der Waals surface area contributed by atoms with E-state index in [0.29, 0.717) is 17.5 Å². The molecule has 0 aliphatic carbocycles. The monoisotopic (exact) mass is 193 g/mol. The average Bonchev–Trinajstić information content (AvgIpc) is 2.70. The van der Waals surface area contributed by atoms with Crippen molar-refractivity contribution in [2.24, 2.45) is 0 Å². The second-order valence-electron chi connectivity index (χ2n) is 3.57. The molecule has 0 radical (unpaired) electrons. The fourth-order valence-electron chi connectivity index (χ4n) is 1.90. The standard InChI is InChI=1S/C11H15NO2/c1-14-8-4-5-9(11(13)7-8)10-3-2-6-12-10/h4-5,7,10,12-13H,2-3,6H2,1H3/t10-/m0/s1. The van der Waals surface area contributed by atoms with Crippen LogP contribution in [-0.2, 0) is 0 Å². The second-order valence-corrected chi connectivity index (χ2v) is 3.57. The summed E-state index contributed by atoms with van der Waals surface area (Å²) >= 11 is 0. The van der Waals surface area contributed by atoms with Gasteiger partial charge in [0.05, 0.1) is 7.11 Å². The summed E-state index contributed by atoms with van der Waals surface area (Å²) in [6, 6.07) is 5.78. The molecular formula is C11H15NO2. The maximum Gasteiger partial charge on any atom is 0.124 e. The average molecular weight is 193 g/mol. The smallest absolute Gasteiger partial charge is 0.124 e. The lowest BCUT2D eigenvalue weighted by molar-refractivity contribution is 0.404. The van der Waals surface area contributed by atoms with Crippen molar-refractivity contribution in [2.75, 3.05) is 13.7 Å². The van der Waals surface area contributed by atoms with Gasteiger partial charge >= 0.3 is 0 Å². The molecule has 1 aromatic carbocycles. The summed E-state index contributed by atoms with van der Waals surface area (Å²) in [7, 11) is 1.60. The molecule has 0 bridgehead atoms. The summed E-state index contributed by atoms with van der Waals surface area (Å²) in [6.45, 7) is 1.04. The van der Waals surface area contributed by atoms with E-state index < -0.39 is 0 Å². The van der Waals surface area contributed by atoms with Gasteiger partial charge in [0, 0.05) is 17.7 Å². The van der Waals surface area contributed by atoms with Gasteiger partial charge in [-0.3, -0.25) is 0 Å². The number of ether oxygens (including phenoxy) is 1. The van der Waals surface area contributed by atoms with Crippen LogP contribution in [0.4, 0.5) is 0 Å². The van der Waals surface area contributed by atoms with Crippen LogP contribution >= 0.6 is 0 Å². The van der Waals surface area contributed by atoms with Crippen LogP contribution in [0.25, 0.3) is 0 Å². The van der Waals surface area contributed by atoms with E-state index in [1.807, 2.05) is 12.1 Å². The Hall–Kier alpha value is -1.22. The minimum Gasteiger partial charge on any atom is -0.507 e. The first-order chi connectivity index (χ1) is 6.81. The quantitative estimate of drug-likeness (QED) is 0.752. The first-order valence-electron chi connectivity index (χ1n) is 4.91.